The van der Waals surface area contributed by atoms with Crippen molar-refractivity contribution in [2.45, 2.75) is 43.9 Å². The van der Waals surface area contributed by atoms with Crippen LogP contribution in [0.3, 0.4) is 0 Å². The molecule has 1 radical (unpaired) electrons. The fraction of sp³-hybridized carbons (Fsp3) is 0.500. The molecule has 3 N–H and O–H groups in total. The maximum absolute atomic E-state index is 11.1. The van der Waals surface area contributed by atoms with E-state index in [4.69, 9.17) is 10.5 Å². The summed E-state index contributed by atoms with van der Waals surface area (Å²) in [7, 11) is 1.62. The molecule has 0 spiro atoms. The number of ether oxygens (including phenoxy) is 1. The van der Waals surface area contributed by atoms with Gasteiger partial charge in [-0.25, -0.2) is 10.1 Å². The lowest BCUT2D eigenvalue weighted by Gasteiger charge is -2.40. The topological polar surface area (TPSA) is 91.5 Å². The van der Waals surface area contributed by atoms with Gasteiger partial charge in [-0.2, -0.15) is 0 Å². The number of nitrogens with two attached hydrogens (primary N) is 1. The fourth-order valence-corrected chi connectivity index (χ4v) is 3.76. The molecule has 6 heteroatoms. The molecule has 0 amide bonds. The third-order valence-electron chi connectivity index (χ3n) is 5.56. The number of benzene rings is 1. The minimum absolute atomic E-state index is 0.344. The molecule has 1 aliphatic heterocycles. The van der Waals surface area contributed by atoms with Crippen molar-refractivity contribution in [2.75, 3.05) is 26.8 Å². The van der Waals surface area contributed by atoms with Gasteiger partial charge in [-0.1, -0.05) is 30.3 Å². The Labute approximate surface area is 167 Å². The molecule has 1 unspecified atom stereocenters. The van der Waals surface area contributed by atoms with Gasteiger partial charge in [0.25, 0.3) is 0 Å². The molecule has 1 saturated heterocycles. The highest BCUT2D eigenvalue weighted by Crippen LogP contribution is 2.32. The second-order valence-corrected chi connectivity index (χ2v) is 8.16. The van der Waals surface area contributed by atoms with Crippen LogP contribution in [0.25, 0.3) is 0 Å². The van der Waals surface area contributed by atoms with E-state index in [9.17, 15) is 10.2 Å². The number of hydrogen-bond donors (Lipinski definition) is 2. The first-order chi connectivity index (χ1) is 13.3. The summed E-state index contributed by atoms with van der Waals surface area (Å²) in [6, 6.07) is 11.9. The van der Waals surface area contributed by atoms with Crippen LogP contribution < -0.4 is 10.5 Å². The zero-order valence-corrected chi connectivity index (χ0v) is 16.7. The average molecular weight is 385 g/mol. The summed E-state index contributed by atoms with van der Waals surface area (Å²) in [6.45, 7) is 3.73. The minimum atomic E-state index is -1.23. The molecule has 3 rings (SSSR count). The number of nitrogens with zero attached hydrogens (tertiary/aromatic N) is 2. The maximum Gasteiger partial charge on any atom is 0.212 e. The van der Waals surface area contributed by atoms with Gasteiger partial charge in [0.1, 0.15) is 6.61 Å². The Balaban J connectivity index is 1.62. The highest BCUT2D eigenvalue weighted by atomic mass is 16.5. The smallest absolute Gasteiger partial charge is 0.212 e. The summed E-state index contributed by atoms with van der Waals surface area (Å²) in [5.74, 6) is 0.624. The van der Waals surface area contributed by atoms with Gasteiger partial charge in [-0.15, -0.1) is 0 Å². The normalized spacial score (nSPS) is 19.2. The number of aromatic nitrogens is 1. The van der Waals surface area contributed by atoms with Crippen LogP contribution >= 0.6 is 0 Å². The third-order valence-corrected chi connectivity index (χ3v) is 5.56. The summed E-state index contributed by atoms with van der Waals surface area (Å²) < 4.78 is 5.11. The van der Waals surface area contributed by atoms with Gasteiger partial charge < -0.3 is 15.6 Å². The Morgan fingerprint density at radius 3 is 2.61 bits per heavy atom. The molecule has 6 nitrogen and oxygen atoms in total. The SMILES string of the molecule is COc1ccc(CN2CCC(N)(c3cccc(CC(C)(O)C[O])c3)CC2)cn1. The van der Waals surface area contributed by atoms with Gasteiger partial charge in [-0.3, -0.25) is 4.90 Å². The lowest BCUT2D eigenvalue weighted by molar-refractivity contribution is -0.0249. The van der Waals surface area contributed by atoms with Crippen molar-refractivity contribution < 1.29 is 14.9 Å². The van der Waals surface area contributed by atoms with Crippen molar-refractivity contribution in [3.8, 4) is 5.88 Å². The molecular weight excluding hydrogens is 354 g/mol. The van der Waals surface area contributed by atoms with E-state index in [0.717, 1.165) is 49.2 Å². The van der Waals surface area contributed by atoms with Crippen molar-refractivity contribution in [3.63, 3.8) is 0 Å². The lowest BCUT2D eigenvalue weighted by atomic mass is 9.80. The maximum atomic E-state index is 11.1. The number of pyridine rings is 1. The van der Waals surface area contributed by atoms with E-state index in [1.165, 1.54) is 0 Å². The van der Waals surface area contributed by atoms with Crippen molar-refractivity contribution in [1.29, 1.82) is 0 Å². The van der Waals surface area contributed by atoms with Crippen LogP contribution in [0.1, 0.15) is 36.5 Å². The van der Waals surface area contributed by atoms with Crippen molar-refractivity contribution in [1.82, 2.24) is 9.88 Å². The largest absolute Gasteiger partial charge is 0.481 e. The van der Waals surface area contributed by atoms with E-state index in [2.05, 4.69) is 16.0 Å². The van der Waals surface area contributed by atoms with Crippen molar-refractivity contribution in [3.05, 3.63) is 59.3 Å². The molecule has 2 heterocycles. The Hall–Kier alpha value is -1.99. The van der Waals surface area contributed by atoms with Crippen molar-refractivity contribution in [2.24, 2.45) is 5.73 Å². The van der Waals surface area contributed by atoms with Crippen molar-refractivity contribution >= 4 is 0 Å². The van der Waals surface area contributed by atoms with E-state index in [0.29, 0.717) is 12.3 Å². The fourth-order valence-electron chi connectivity index (χ4n) is 3.76. The van der Waals surface area contributed by atoms with Crippen LogP contribution in [0.4, 0.5) is 0 Å². The number of aliphatic hydroxyl groups is 1. The van der Waals surface area contributed by atoms with Crippen LogP contribution in [0.15, 0.2) is 42.6 Å². The lowest BCUT2D eigenvalue weighted by Crippen LogP contribution is -2.47. The molecule has 151 valence electrons. The Morgan fingerprint density at radius 1 is 1.25 bits per heavy atom. The zero-order valence-electron chi connectivity index (χ0n) is 16.7. The first kappa shape index (κ1) is 20.7. The van der Waals surface area contributed by atoms with E-state index in [1.54, 1.807) is 14.0 Å². The minimum Gasteiger partial charge on any atom is -0.481 e. The zero-order chi connectivity index (χ0) is 20.2. The molecule has 2 aromatic rings. The summed E-state index contributed by atoms with van der Waals surface area (Å²) in [5, 5.41) is 21.2. The highest BCUT2D eigenvalue weighted by molar-refractivity contribution is 5.31. The van der Waals surface area contributed by atoms with Crippen LogP contribution in [-0.4, -0.2) is 47.4 Å². The Bertz CT molecular complexity index is 769. The van der Waals surface area contributed by atoms with Crippen LogP contribution in [0, 0.1) is 0 Å². The molecular formula is C22H30N3O3. The predicted molar refractivity (Wildman–Crippen MR) is 107 cm³/mol. The summed E-state index contributed by atoms with van der Waals surface area (Å²) in [5.41, 5.74) is 8.35. The Kier molecular flexibility index (Phi) is 6.35. The first-order valence-corrected chi connectivity index (χ1v) is 9.74. The standard InChI is InChI=1S/C22H30N3O3/c1-21(27,16-26)13-17-4-3-5-19(12-17)22(23)8-10-25(11-9-22)15-18-6-7-20(28-2)24-14-18/h3-7,12,14,27H,8-11,13,15-16,23H2,1-2H3. The van der Waals surface area contributed by atoms with Gasteiger partial charge in [0.05, 0.1) is 12.7 Å². The molecule has 1 atom stereocenters. The summed E-state index contributed by atoms with van der Waals surface area (Å²) in [6.07, 6.45) is 3.92. The number of likely N-dealkylation sites (tertiary alicyclic amines) is 1. The average Bonchev–Trinajstić information content (AvgIpc) is 2.70. The highest BCUT2D eigenvalue weighted by Gasteiger charge is 2.33. The second-order valence-electron chi connectivity index (χ2n) is 8.16. The molecule has 0 aliphatic carbocycles. The predicted octanol–water partition coefficient (Wildman–Crippen LogP) is 2.26. The molecule has 0 bridgehead atoms. The third kappa shape index (κ3) is 5.08. The Morgan fingerprint density at radius 2 is 2.00 bits per heavy atom. The molecule has 0 saturated carbocycles. The number of methoxy groups -OCH3 is 1. The second kappa shape index (κ2) is 8.57. The van der Waals surface area contributed by atoms with Gasteiger partial charge in [0.15, 0.2) is 0 Å². The monoisotopic (exact) mass is 384 g/mol. The molecule has 1 aromatic carbocycles. The van der Waals surface area contributed by atoms with Gasteiger partial charge >= 0.3 is 0 Å². The van der Waals surface area contributed by atoms with Gasteiger partial charge in [0.2, 0.25) is 5.88 Å². The van der Waals surface area contributed by atoms with E-state index >= 15 is 0 Å². The number of hydrogen-bond acceptors (Lipinski definition) is 5. The first-order valence-electron chi connectivity index (χ1n) is 9.74. The van der Waals surface area contributed by atoms with Crippen LogP contribution in [-0.2, 0) is 23.6 Å². The molecule has 1 aromatic heterocycles. The van der Waals surface area contributed by atoms with E-state index in [1.807, 2.05) is 36.5 Å². The number of piperidine rings is 1. The van der Waals surface area contributed by atoms with Crippen LogP contribution in [0.2, 0.25) is 0 Å². The van der Waals surface area contributed by atoms with Gasteiger partial charge in [-0.05, 0) is 36.5 Å². The molecule has 1 aliphatic rings. The van der Waals surface area contributed by atoms with Crippen LogP contribution in [0.5, 0.6) is 5.88 Å². The quantitative estimate of drug-likeness (QED) is 0.764. The molecule has 28 heavy (non-hydrogen) atoms. The summed E-state index contributed by atoms with van der Waals surface area (Å²) in [4.78, 5) is 6.66. The van der Waals surface area contributed by atoms with Gasteiger partial charge in [0, 0.05) is 43.9 Å². The van der Waals surface area contributed by atoms with E-state index in [-0.39, 0.29) is 5.54 Å². The number of rotatable bonds is 7. The van der Waals surface area contributed by atoms with E-state index < -0.39 is 12.2 Å². The summed E-state index contributed by atoms with van der Waals surface area (Å²) >= 11 is 0. The molecule has 1 fully saturated rings.